The minimum Gasteiger partial charge on any atom is -0.400 e. The third-order valence-corrected chi connectivity index (χ3v) is 6.56. The lowest BCUT2D eigenvalue weighted by Crippen LogP contribution is -2.24. The molecule has 1 aliphatic carbocycles. The van der Waals surface area contributed by atoms with Crippen molar-refractivity contribution >= 4 is 5.91 Å². The zero-order chi connectivity index (χ0) is 25.8. The van der Waals surface area contributed by atoms with E-state index in [1.807, 2.05) is 32.0 Å². The molecule has 5 rings (SSSR count). The smallest absolute Gasteiger partial charge is 0.251 e. The summed E-state index contributed by atoms with van der Waals surface area (Å²) in [6, 6.07) is 14.4. The molecule has 7 heteroatoms. The number of carbonyl (C=O) groups is 1. The number of halogens is 1. The maximum Gasteiger partial charge on any atom is 0.251 e. The minimum atomic E-state index is -0.332. The number of amides is 1. The van der Waals surface area contributed by atoms with Crippen molar-refractivity contribution in [1.29, 1.82) is 0 Å². The van der Waals surface area contributed by atoms with Crippen molar-refractivity contribution in [1.82, 2.24) is 20.1 Å². The number of carbonyl (C=O) groups excluding carboxylic acids is 1. The van der Waals surface area contributed by atoms with E-state index in [1.165, 1.54) is 34.6 Å². The molecular formula is C29H31FN4O2. The normalized spacial score (nSPS) is 11.7. The van der Waals surface area contributed by atoms with Gasteiger partial charge in [-0.15, -0.1) is 0 Å². The van der Waals surface area contributed by atoms with Crippen LogP contribution in [-0.2, 0) is 25.9 Å². The van der Waals surface area contributed by atoms with Crippen molar-refractivity contribution < 1.29 is 14.3 Å². The molecule has 0 bridgehead atoms. The standard InChI is InChI=1S/C28H27FN4O.CH4O/c1-17-8-18(2)32-19(3)27(17)14-30-28(34)23-7-6-22-10-21-5-4-20(9-24(21)12-25(22)11-23)15-33-16-26(29)13-31-33;1-2/h4-9,11,13,16H,10,12,14-15H2,1-3H3,(H,30,34);2H,1H3. The van der Waals surface area contributed by atoms with Crippen LogP contribution in [0, 0.1) is 26.6 Å². The van der Waals surface area contributed by atoms with E-state index in [0.29, 0.717) is 18.7 Å². The topological polar surface area (TPSA) is 80.0 Å². The van der Waals surface area contributed by atoms with E-state index in [2.05, 4.69) is 46.6 Å². The molecule has 0 saturated heterocycles. The molecule has 186 valence electrons. The summed E-state index contributed by atoms with van der Waals surface area (Å²) in [4.78, 5) is 17.4. The molecule has 0 radical (unpaired) electrons. The first kappa shape index (κ1) is 25.3. The van der Waals surface area contributed by atoms with Crippen LogP contribution in [0.4, 0.5) is 4.39 Å². The molecule has 2 aromatic carbocycles. The highest BCUT2D eigenvalue weighted by atomic mass is 19.1. The molecule has 36 heavy (non-hydrogen) atoms. The van der Waals surface area contributed by atoms with Gasteiger partial charge < -0.3 is 10.4 Å². The third-order valence-electron chi connectivity index (χ3n) is 6.56. The second-order valence-electron chi connectivity index (χ2n) is 9.12. The highest BCUT2D eigenvalue weighted by molar-refractivity contribution is 5.94. The summed E-state index contributed by atoms with van der Waals surface area (Å²) in [5.74, 6) is -0.413. The van der Waals surface area contributed by atoms with E-state index in [1.54, 1.807) is 4.68 Å². The van der Waals surface area contributed by atoms with Crippen molar-refractivity contribution in [3.05, 3.63) is 117 Å². The first-order valence-corrected chi connectivity index (χ1v) is 11.9. The lowest BCUT2D eigenvalue weighted by atomic mass is 9.84. The quantitative estimate of drug-likeness (QED) is 0.385. The maximum absolute atomic E-state index is 13.3. The van der Waals surface area contributed by atoms with Gasteiger partial charge in [0.05, 0.1) is 18.9 Å². The van der Waals surface area contributed by atoms with Gasteiger partial charge in [0.15, 0.2) is 5.82 Å². The second kappa shape index (κ2) is 10.8. The summed E-state index contributed by atoms with van der Waals surface area (Å²) in [6.07, 6.45) is 4.23. The number of fused-ring (bicyclic) bond motifs is 2. The highest BCUT2D eigenvalue weighted by Crippen LogP contribution is 2.29. The van der Waals surface area contributed by atoms with E-state index >= 15 is 0 Å². The van der Waals surface area contributed by atoms with Crippen LogP contribution >= 0.6 is 0 Å². The zero-order valence-electron chi connectivity index (χ0n) is 21.1. The molecule has 2 N–H and O–H groups in total. The minimum absolute atomic E-state index is 0.0811. The van der Waals surface area contributed by atoms with Gasteiger partial charge in [-0.25, -0.2) is 4.39 Å². The number of hydrogen-bond acceptors (Lipinski definition) is 4. The summed E-state index contributed by atoms with van der Waals surface area (Å²) >= 11 is 0. The molecule has 0 spiro atoms. The van der Waals surface area contributed by atoms with Crippen molar-refractivity contribution in [3.63, 3.8) is 0 Å². The van der Waals surface area contributed by atoms with E-state index in [-0.39, 0.29) is 11.7 Å². The summed E-state index contributed by atoms with van der Waals surface area (Å²) in [7, 11) is 1.00. The summed E-state index contributed by atoms with van der Waals surface area (Å²) in [6.45, 7) is 7.00. The molecule has 2 aromatic heterocycles. The number of aliphatic hydroxyl groups is 1. The maximum atomic E-state index is 13.3. The summed E-state index contributed by atoms with van der Waals surface area (Å²) < 4.78 is 14.9. The predicted octanol–water partition coefficient (Wildman–Crippen LogP) is 4.42. The number of nitrogens with zero attached hydrogens (tertiary/aromatic N) is 3. The van der Waals surface area contributed by atoms with Crippen LogP contribution < -0.4 is 5.32 Å². The van der Waals surface area contributed by atoms with Crippen LogP contribution in [0.5, 0.6) is 0 Å². The number of benzene rings is 2. The molecule has 0 atom stereocenters. The number of rotatable bonds is 5. The number of pyridine rings is 1. The zero-order valence-corrected chi connectivity index (χ0v) is 21.1. The van der Waals surface area contributed by atoms with Gasteiger partial charge in [-0.2, -0.15) is 5.10 Å². The van der Waals surface area contributed by atoms with Crippen molar-refractivity contribution in [2.24, 2.45) is 0 Å². The van der Waals surface area contributed by atoms with Gasteiger partial charge in [-0.05, 0) is 90.8 Å². The molecule has 0 fully saturated rings. The molecule has 4 aromatic rings. The van der Waals surface area contributed by atoms with Gasteiger partial charge in [-0.1, -0.05) is 24.3 Å². The molecule has 1 aliphatic rings. The number of nitrogens with one attached hydrogen (secondary N) is 1. The van der Waals surface area contributed by atoms with Crippen LogP contribution in [0.25, 0.3) is 0 Å². The fraction of sp³-hybridized carbons (Fsp3) is 0.276. The average Bonchev–Trinajstić information content (AvgIpc) is 3.27. The molecular weight excluding hydrogens is 455 g/mol. The SMILES string of the molecule is CO.Cc1cc(C)c(CNC(=O)c2ccc3c(c2)Cc2cc(Cn4cc(F)cn4)ccc2C3)c(C)n1. The van der Waals surface area contributed by atoms with E-state index in [4.69, 9.17) is 5.11 Å². The Morgan fingerprint density at radius 1 is 1.00 bits per heavy atom. The van der Waals surface area contributed by atoms with Gasteiger partial charge in [0, 0.05) is 30.6 Å². The highest BCUT2D eigenvalue weighted by Gasteiger charge is 2.18. The molecule has 0 aliphatic heterocycles. The first-order chi connectivity index (χ1) is 17.4. The molecule has 0 unspecified atom stereocenters. The summed E-state index contributed by atoms with van der Waals surface area (Å²) in [5, 5.41) is 14.1. The predicted molar refractivity (Wildman–Crippen MR) is 138 cm³/mol. The van der Waals surface area contributed by atoms with Crippen LogP contribution in [0.2, 0.25) is 0 Å². The summed E-state index contributed by atoms with van der Waals surface area (Å²) in [5.41, 5.74) is 10.8. The first-order valence-electron chi connectivity index (χ1n) is 11.9. The van der Waals surface area contributed by atoms with Crippen molar-refractivity contribution in [2.75, 3.05) is 7.11 Å². The Morgan fingerprint density at radius 3 is 2.39 bits per heavy atom. The van der Waals surface area contributed by atoms with Crippen LogP contribution in [-0.4, -0.2) is 32.9 Å². The Hall–Kier alpha value is -3.84. The van der Waals surface area contributed by atoms with Crippen molar-refractivity contribution in [3.8, 4) is 0 Å². The molecule has 2 heterocycles. The van der Waals surface area contributed by atoms with Crippen molar-refractivity contribution in [2.45, 2.75) is 46.7 Å². The van der Waals surface area contributed by atoms with Gasteiger partial charge in [-0.3, -0.25) is 14.5 Å². The van der Waals surface area contributed by atoms with Gasteiger partial charge in [0.25, 0.3) is 5.91 Å². The van der Waals surface area contributed by atoms with Crippen LogP contribution in [0.3, 0.4) is 0 Å². The Bertz CT molecular complexity index is 1390. The lowest BCUT2D eigenvalue weighted by molar-refractivity contribution is 0.0950. The van der Waals surface area contributed by atoms with E-state index < -0.39 is 0 Å². The molecule has 6 nitrogen and oxygen atoms in total. The molecule has 0 saturated carbocycles. The monoisotopic (exact) mass is 486 g/mol. The Labute approximate surface area is 210 Å². The third kappa shape index (κ3) is 5.52. The Kier molecular flexibility index (Phi) is 7.60. The van der Waals surface area contributed by atoms with E-state index in [9.17, 15) is 9.18 Å². The van der Waals surface area contributed by atoms with Gasteiger partial charge >= 0.3 is 0 Å². The fourth-order valence-electron chi connectivity index (χ4n) is 4.83. The van der Waals surface area contributed by atoms with Crippen LogP contribution in [0.15, 0.2) is 54.9 Å². The lowest BCUT2D eigenvalue weighted by Gasteiger charge is -2.21. The Balaban J connectivity index is 0.00000148. The largest absolute Gasteiger partial charge is 0.400 e. The van der Waals surface area contributed by atoms with Crippen LogP contribution in [0.1, 0.15) is 60.7 Å². The average molecular weight is 487 g/mol. The number of aliphatic hydroxyl groups excluding tert-OH is 1. The fourth-order valence-corrected chi connectivity index (χ4v) is 4.83. The number of aromatic nitrogens is 3. The molecule has 1 amide bonds. The van der Waals surface area contributed by atoms with Gasteiger partial charge in [0.1, 0.15) is 0 Å². The Morgan fingerprint density at radius 2 is 1.69 bits per heavy atom. The van der Waals surface area contributed by atoms with Gasteiger partial charge in [0.2, 0.25) is 0 Å². The number of aryl methyl sites for hydroxylation is 3. The number of hydrogen-bond donors (Lipinski definition) is 2. The van der Waals surface area contributed by atoms with E-state index in [0.717, 1.165) is 48.0 Å². The second-order valence-corrected chi connectivity index (χ2v) is 9.12.